The van der Waals surface area contributed by atoms with Gasteiger partial charge in [-0.25, -0.2) is 0 Å². The fraction of sp³-hybridized carbons (Fsp3) is 0.417. The number of hydrogen-bond acceptors (Lipinski definition) is 2. The third-order valence-electron chi connectivity index (χ3n) is 3.62. The van der Waals surface area contributed by atoms with E-state index < -0.39 is 0 Å². The van der Waals surface area contributed by atoms with E-state index in [0.29, 0.717) is 12.2 Å². The van der Waals surface area contributed by atoms with E-state index in [1.807, 2.05) is 18.2 Å². The van der Waals surface area contributed by atoms with Crippen LogP contribution in [0.3, 0.4) is 0 Å². The van der Waals surface area contributed by atoms with Crippen LogP contribution in [0, 0.1) is 0 Å². The van der Waals surface area contributed by atoms with E-state index in [1.165, 1.54) is 0 Å². The summed E-state index contributed by atoms with van der Waals surface area (Å²) in [5.41, 5.74) is 1.92. The Hall–Kier alpha value is -1.02. The van der Waals surface area contributed by atoms with Crippen LogP contribution in [-0.2, 0) is 10.2 Å². The second-order valence-electron chi connectivity index (χ2n) is 4.40. The van der Waals surface area contributed by atoms with Crippen LogP contribution >= 0.6 is 11.6 Å². The lowest BCUT2D eigenvalue weighted by Crippen LogP contribution is -2.32. The first-order valence-corrected chi connectivity index (χ1v) is 5.67. The quantitative estimate of drug-likeness (QED) is 0.730. The largest absolute Gasteiger partial charge is 0.383 e. The average Bonchev–Trinajstić information content (AvgIpc) is 2.75. The molecule has 0 bridgehead atoms. The van der Waals surface area contributed by atoms with Gasteiger partial charge in [-0.05, 0) is 36.6 Å². The molecule has 1 heterocycles. The molecular weight excluding hydrogens is 210 g/mol. The number of hydrogen-bond donors (Lipinski definition) is 1. The molecule has 3 heteroatoms. The van der Waals surface area contributed by atoms with Gasteiger partial charge in [-0.3, -0.25) is 4.79 Å². The molecule has 78 valence electrons. The van der Waals surface area contributed by atoms with Gasteiger partial charge in [0.1, 0.15) is 5.78 Å². The molecule has 1 aliphatic heterocycles. The Labute approximate surface area is 93.6 Å². The summed E-state index contributed by atoms with van der Waals surface area (Å²) in [4.78, 5) is 12.0. The van der Waals surface area contributed by atoms with Crippen LogP contribution in [0.4, 0.5) is 5.69 Å². The average molecular weight is 222 g/mol. The maximum absolute atomic E-state index is 12.0. The van der Waals surface area contributed by atoms with Gasteiger partial charge in [0.2, 0.25) is 0 Å². The third kappa shape index (κ3) is 1.14. The van der Waals surface area contributed by atoms with Crippen molar-refractivity contribution in [3.8, 4) is 0 Å². The molecule has 1 spiro atoms. The zero-order valence-electron chi connectivity index (χ0n) is 8.35. The van der Waals surface area contributed by atoms with Crippen LogP contribution < -0.4 is 5.32 Å². The lowest BCUT2D eigenvalue weighted by Gasteiger charge is -2.20. The fourth-order valence-electron chi connectivity index (χ4n) is 2.81. The van der Waals surface area contributed by atoms with Gasteiger partial charge in [0.15, 0.2) is 0 Å². The van der Waals surface area contributed by atoms with Crippen molar-refractivity contribution < 1.29 is 4.79 Å². The van der Waals surface area contributed by atoms with E-state index in [4.69, 9.17) is 11.6 Å². The Balaban J connectivity index is 2.18. The second-order valence-corrected chi connectivity index (χ2v) is 4.84. The summed E-state index contributed by atoms with van der Waals surface area (Å²) in [7, 11) is 0. The molecule has 1 aromatic carbocycles. The summed E-state index contributed by atoms with van der Waals surface area (Å²) in [6, 6.07) is 5.78. The van der Waals surface area contributed by atoms with Gasteiger partial charge in [0.25, 0.3) is 0 Å². The van der Waals surface area contributed by atoms with Gasteiger partial charge in [-0.15, -0.1) is 0 Å². The molecule has 15 heavy (non-hydrogen) atoms. The number of carbonyl (C=O) groups is 1. The highest BCUT2D eigenvalue weighted by Gasteiger charge is 2.47. The van der Waals surface area contributed by atoms with E-state index in [-0.39, 0.29) is 5.41 Å². The molecule has 2 nitrogen and oxygen atoms in total. The summed E-state index contributed by atoms with van der Waals surface area (Å²) in [6.45, 7) is 0.751. The molecule has 1 atom stereocenters. The summed E-state index contributed by atoms with van der Waals surface area (Å²) >= 11 is 5.99. The number of benzene rings is 1. The third-order valence-corrected chi connectivity index (χ3v) is 3.85. The zero-order valence-corrected chi connectivity index (χ0v) is 9.10. The highest BCUT2D eigenvalue weighted by molar-refractivity contribution is 6.30. The van der Waals surface area contributed by atoms with Gasteiger partial charge in [0, 0.05) is 23.7 Å². The van der Waals surface area contributed by atoms with Gasteiger partial charge >= 0.3 is 0 Å². The first kappa shape index (κ1) is 9.22. The van der Waals surface area contributed by atoms with Crippen molar-refractivity contribution in [3.05, 3.63) is 28.8 Å². The molecule has 1 saturated carbocycles. The molecule has 0 aromatic heterocycles. The number of halogens is 1. The summed E-state index contributed by atoms with van der Waals surface area (Å²) < 4.78 is 0. The minimum Gasteiger partial charge on any atom is -0.383 e. The van der Waals surface area contributed by atoms with Crippen LogP contribution in [0.25, 0.3) is 0 Å². The molecule has 1 N–H and O–H groups in total. The van der Waals surface area contributed by atoms with Crippen LogP contribution in [0.5, 0.6) is 0 Å². The van der Waals surface area contributed by atoms with Crippen LogP contribution in [0.15, 0.2) is 18.2 Å². The molecule has 1 fully saturated rings. The number of rotatable bonds is 0. The number of nitrogens with one attached hydrogen (secondary N) is 1. The molecule has 3 rings (SSSR count). The van der Waals surface area contributed by atoms with Crippen molar-refractivity contribution in [3.63, 3.8) is 0 Å². The Kier molecular flexibility index (Phi) is 1.84. The van der Waals surface area contributed by atoms with Crippen molar-refractivity contribution in [1.82, 2.24) is 0 Å². The minimum atomic E-state index is -0.264. The van der Waals surface area contributed by atoms with Crippen molar-refractivity contribution in [2.24, 2.45) is 0 Å². The van der Waals surface area contributed by atoms with Gasteiger partial charge in [-0.2, -0.15) is 0 Å². The Morgan fingerprint density at radius 1 is 1.40 bits per heavy atom. The summed E-state index contributed by atoms with van der Waals surface area (Å²) in [5, 5.41) is 4.03. The number of ketones is 1. The van der Waals surface area contributed by atoms with E-state index >= 15 is 0 Å². The molecular formula is C12H12ClNO. The first-order valence-electron chi connectivity index (χ1n) is 5.30. The van der Waals surface area contributed by atoms with Crippen molar-refractivity contribution in [1.29, 1.82) is 0 Å². The van der Waals surface area contributed by atoms with E-state index in [1.54, 1.807) is 0 Å². The van der Waals surface area contributed by atoms with Crippen molar-refractivity contribution in [2.75, 3.05) is 11.9 Å². The maximum Gasteiger partial charge on any atom is 0.145 e. The topological polar surface area (TPSA) is 29.1 Å². The highest BCUT2D eigenvalue weighted by atomic mass is 35.5. The molecule has 2 aliphatic rings. The zero-order chi connectivity index (χ0) is 10.5. The standard InChI is InChI=1S/C12H12ClNO/c13-8-3-4-10-9(6-8)12(7-14-10)5-1-2-11(12)15/h3-4,6,14H,1-2,5,7H2. The molecule has 0 radical (unpaired) electrons. The molecule has 0 saturated heterocycles. The first-order chi connectivity index (χ1) is 7.22. The summed E-state index contributed by atoms with van der Waals surface area (Å²) in [6.07, 6.45) is 2.69. The van der Waals surface area contributed by atoms with E-state index in [0.717, 1.165) is 35.7 Å². The lowest BCUT2D eigenvalue weighted by atomic mass is 9.80. The van der Waals surface area contributed by atoms with E-state index in [9.17, 15) is 4.79 Å². The molecule has 1 unspecified atom stereocenters. The van der Waals surface area contributed by atoms with Crippen molar-refractivity contribution >= 4 is 23.1 Å². The molecule has 0 amide bonds. The monoisotopic (exact) mass is 221 g/mol. The van der Waals surface area contributed by atoms with Crippen LogP contribution in [-0.4, -0.2) is 12.3 Å². The maximum atomic E-state index is 12.0. The van der Waals surface area contributed by atoms with Crippen LogP contribution in [0.2, 0.25) is 5.02 Å². The number of carbonyl (C=O) groups excluding carboxylic acids is 1. The van der Waals surface area contributed by atoms with Crippen LogP contribution in [0.1, 0.15) is 24.8 Å². The molecule has 1 aromatic rings. The summed E-state index contributed by atoms with van der Waals surface area (Å²) in [5.74, 6) is 0.371. The number of fused-ring (bicyclic) bond motifs is 2. The highest BCUT2D eigenvalue weighted by Crippen LogP contribution is 2.46. The smallest absolute Gasteiger partial charge is 0.145 e. The Morgan fingerprint density at radius 2 is 2.27 bits per heavy atom. The normalized spacial score (nSPS) is 28.2. The fourth-order valence-corrected chi connectivity index (χ4v) is 2.98. The van der Waals surface area contributed by atoms with Gasteiger partial charge < -0.3 is 5.32 Å². The lowest BCUT2D eigenvalue weighted by molar-refractivity contribution is -0.121. The van der Waals surface area contributed by atoms with Gasteiger partial charge in [-0.1, -0.05) is 11.6 Å². The van der Waals surface area contributed by atoms with E-state index in [2.05, 4.69) is 5.32 Å². The van der Waals surface area contributed by atoms with Crippen molar-refractivity contribution in [2.45, 2.75) is 24.7 Å². The predicted octanol–water partition coefficient (Wildman–Crippen LogP) is 2.76. The second kappa shape index (κ2) is 2.99. The Bertz CT molecular complexity index is 443. The van der Waals surface area contributed by atoms with Gasteiger partial charge in [0.05, 0.1) is 5.41 Å². The predicted molar refractivity (Wildman–Crippen MR) is 60.5 cm³/mol. The number of anilines is 1. The SMILES string of the molecule is O=C1CCCC12CNc1ccc(Cl)cc12. The Morgan fingerprint density at radius 3 is 3.00 bits per heavy atom. The minimum absolute atomic E-state index is 0.264. The molecule has 1 aliphatic carbocycles. The number of Topliss-reactive ketones (excluding diaryl/α,β-unsaturated/α-hetero) is 1.